The number of hydrogen-bond donors (Lipinski definition) is 2. The number of aryl methyl sites for hydroxylation is 1. The molecule has 0 saturated carbocycles. The van der Waals surface area contributed by atoms with E-state index in [1.807, 2.05) is 24.3 Å². The third-order valence-electron chi connectivity index (χ3n) is 3.17. The molecule has 2 aromatic rings. The lowest BCUT2D eigenvalue weighted by Gasteiger charge is -2.05. The first-order chi connectivity index (χ1) is 10.1. The second kappa shape index (κ2) is 6.95. The highest BCUT2D eigenvalue weighted by molar-refractivity contribution is 5.73. The third-order valence-corrected chi connectivity index (χ3v) is 3.17. The van der Waals surface area contributed by atoms with Gasteiger partial charge in [-0.2, -0.15) is 0 Å². The van der Waals surface area contributed by atoms with Gasteiger partial charge >= 0.3 is 5.97 Å². The van der Waals surface area contributed by atoms with Gasteiger partial charge in [0.25, 0.3) is 0 Å². The van der Waals surface area contributed by atoms with Gasteiger partial charge in [0.15, 0.2) is 0 Å². The van der Waals surface area contributed by atoms with Gasteiger partial charge in [-0.1, -0.05) is 19.1 Å². The summed E-state index contributed by atoms with van der Waals surface area (Å²) in [6.45, 7) is 2.40. The molecule has 0 spiro atoms. The van der Waals surface area contributed by atoms with Crippen LogP contribution in [-0.2, 0) is 24.2 Å². The van der Waals surface area contributed by atoms with Crippen LogP contribution in [-0.4, -0.2) is 17.1 Å². The van der Waals surface area contributed by atoms with Crippen LogP contribution in [0.1, 0.15) is 24.0 Å². The normalized spacial score (nSPS) is 12.1. The number of rotatable bonds is 7. The number of carboxylic acid groups (broad SMARTS) is 1. The molecular formula is C16H19NO4. The quantitative estimate of drug-likeness (QED) is 0.817. The number of benzene rings is 1. The maximum Gasteiger partial charge on any atom is 0.320 e. The lowest BCUT2D eigenvalue weighted by atomic mass is 10.2. The SMILES string of the molecule is CCc1ccc(OCc2ccc(CC(N)C(=O)O)o2)cc1. The molecule has 1 atom stereocenters. The number of carbonyl (C=O) groups is 1. The zero-order valence-electron chi connectivity index (χ0n) is 11.9. The van der Waals surface area contributed by atoms with Crippen molar-refractivity contribution in [3.63, 3.8) is 0 Å². The molecule has 0 amide bonds. The fraction of sp³-hybridized carbons (Fsp3) is 0.312. The number of aliphatic carboxylic acids is 1. The molecule has 0 saturated heterocycles. The standard InChI is InChI=1S/C16H19NO4/c1-2-11-3-5-12(6-4-11)20-10-14-8-7-13(21-14)9-15(17)16(18)19/h3-8,15H,2,9-10,17H2,1H3,(H,18,19). The second-order valence-corrected chi connectivity index (χ2v) is 4.80. The van der Waals surface area contributed by atoms with Crippen molar-refractivity contribution in [1.82, 2.24) is 0 Å². The van der Waals surface area contributed by atoms with Crippen molar-refractivity contribution in [3.05, 3.63) is 53.5 Å². The van der Waals surface area contributed by atoms with E-state index in [1.165, 1.54) is 5.56 Å². The van der Waals surface area contributed by atoms with Crippen LogP contribution in [0.2, 0.25) is 0 Å². The van der Waals surface area contributed by atoms with E-state index in [1.54, 1.807) is 12.1 Å². The number of ether oxygens (including phenoxy) is 1. The van der Waals surface area contributed by atoms with E-state index in [2.05, 4.69) is 6.92 Å². The fourth-order valence-electron chi connectivity index (χ4n) is 1.89. The van der Waals surface area contributed by atoms with Crippen LogP contribution >= 0.6 is 0 Å². The monoisotopic (exact) mass is 289 g/mol. The predicted octanol–water partition coefficient (Wildman–Crippen LogP) is 2.38. The maximum atomic E-state index is 10.7. The molecular weight excluding hydrogens is 270 g/mol. The van der Waals surface area contributed by atoms with Crippen LogP contribution in [0.3, 0.4) is 0 Å². The van der Waals surface area contributed by atoms with Crippen LogP contribution in [0.4, 0.5) is 0 Å². The van der Waals surface area contributed by atoms with E-state index in [4.69, 9.17) is 20.0 Å². The zero-order valence-corrected chi connectivity index (χ0v) is 11.9. The van der Waals surface area contributed by atoms with Crippen molar-refractivity contribution in [2.24, 2.45) is 5.73 Å². The van der Waals surface area contributed by atoms with Crippen molar-refractivity contribution in [1.29, 1.82) is 0 Å². The van der Waals surface area contributed by atoms with Crippen molar-refractivity contribution < 1.29 is 19.1 Å². The summed E-state index contributed by atoms with van der Waals surface area (Å²) in [5, 5.41) is 8.75. The van der Waals surface area contributed by atoms with Gasteiger partial charge in [-0.25, -0.2) is 0 Å². The Morgan fingerprint density at radius 1 is 1.24 bits per heavy atom. The Kier molecular flexibility index (Phi) is 5.00. The van der Waals surface area contributed by atoms with Crippen LogP contribution in [0.25, 0.3) is 0 Å². The van der Waals surface area contributed by atoms with E-state index in [9.17, 15) is 4.79 Å². The Morgan fingerprint density at radius 2 is 1.90 bits per heavy atom. The summed E-state index contributed by atoms with van der Waals surface area (Å²) in [6, 6.07) is 10.4. The molecule has 0 radical (unpaired) electrons. The minimum Gasteiger partial charge on any atom is -0.486 e. The van der Waals surface area contributed by atoms with E-state index < -0.39 is 12.0 Å². The highest BCUT2D eigenvalue weighted by Crippen LogP contribution is 2.16. The zero-order chi connectivity index (χ0) is 15.2. The smallest absolute Gasteiger partial charge is 0.320 e. The molecule has 0 fully saturated rings. The molecule has 112 valence electrons. The summed E-state index contributed by atoms with van der Waals surface area (Å²) < 4.78 is 11.1. The molecule has 0 aliphatic heterocycles. The molecule has 2 rings (SSSR count). The van der Waals surface area contributed by atoms with E-state index in [0.29, 0.717) is 18.1 Å². The summed E-state index contributed by atoms with van der Waals surface area (Å²) in [5.41, 5.74) is 6.71. The summed E-state index contributed by atoms with van der Waals surface area (Å²) in [6.07, 6.45) is 1.16. The molecule has 5 heteroatoms. The lowest BCUT2D eigenvalue weighted by molar-refractivity contribution is -0.138. The molecule has 3 N–H and O–H groups in total. The van der Waals surface area contributed by atoms with Gasteiger partial charge in [0.2, 0.25) is 0 Å². The Morgan fingerprint density at radius 3 is 2.52 bits per heavy atom. The molecule has 1 unspecified atom stereocenters. The number of hydrogen-bond acceptors (Lipinski definition) is 4. The van der Waals surface area contributed by atoms with E-state index >= 15 is 0 Å². The van der Waals surface area contributed by atoms with Crippen LogP contribution in [0.15, 0.2) is 40.8 Å². The summed E-state index contributed by atoms with van der Waals surface area (Å²) >= 11 is 0. The van der Waals surface area contributed by atoms with Gasteiger partial charge in [-0.15, -0.1) is 0 Å². The summed E-state index contributed by atoms with van der Waals surface area (Å²) in [7, 11) is 0. The molecule has 21 heavy (non-hydrogen) atoms. The van der Waals surface area contributed by atoms with Gasteiger partial charge in [0.05, 0.1) is 0 Å². The second-order valence-electron chi connectivity index (χ2n) is 4.80. The van der Waals surface area contributed by atoms with E-state index in [-0.39, 0.29) is 6.42 Å². The number of carboxylic acids is 1. The number of nitrogens with two attached hydrogens (primary N) is 1. The molecule has 1 aromatic carbocycles. The van der Waals surface area contributed by atoms with Crippen LogP contribution in [0.5, 0.6) is 5.75 Å². The predicted molar refractivity (Wildman–Crippen MR) is 78.2 cm³/mol. The average Bonchev–Trinajstić information content (AvgIpc) is 2.93. The lowest BCUT2D eigenvalue weighted by Crippen LogP contribution is -2.32. The summed E-state index contributed by atoms with van der Waals surface area (Å²) in [4.78, 5) is 10.7. The molecule has 0 bridgehead atoms. The van der Waals surface area contributed by atoms with Gasteiger partial charge in [0, 0.05) is 6.42 Å². The van der Waals surface area contributed by atoms with Gasteiger partial charge in [-0.3, -0.25) is 4.79 Å². The minimum absolute atomic E-state index is 0.167. The minimum atomic E-state index is -1.04. The van der Waals surface area contributed by atoms with Crippen LogP contribution in [0, 0.1) is 0 Å². The Labute approximate surface area is 123 Å². The molecule has 0 aliphatic rings. The summed E-state index contributed by atoms with van der Waals surface area (Å²) in [5.74, 6) is 0.916. The van der Waals surface area contributed by atoms with Crippen molar-refractivity contribution >= 4 is 5.97 Å². The fourth-order valence-corrected chi connectivity index (χ4v) is 1.89. The average molecular weight is 289 g/mol. The van der Waals surface area contributed by atoms with E-state index in [0.717, 1.165) is 12.2 Å². The molecule has 1 aromatic heterocycles. The first kappa shape index (κ1) is 15.1. The van der Waals surface area contributed by atoms with Gasteiger partial charge < -0.3 is 20.0 Å². The largest absolute Gasteiger partial charge is 0.486 e. The molecule has 5 nitrogen and oxygen atoms in total. The maximum absolute atomic E-state index is 10.7. The van der Waals surface area contributed by atoms with Crippen LogP contribution < -0.4 is 10.5 Å². The van der Waals surface area contributed by atoms with Crippen molar-refractivity contribution in [2.75, 3.05) is 0 Å². The molecule has 1 heterocycles. The molecule has 0 aliphatic carbocycles. The first-order valence-electron chi connectivity index (χ1n) is 6.86. The first-order valence-corrected chi connectivity index (χ1v) is 6.86. The number of furan rings is 1. The van der Waals surface area contributed by atoms with Crippen molar-refractivity contribution in [2.45, 2.75) is 32.4 Å². The Hall–Kier alpha value is -2.27. The topological polar surface area (TPSA) is 85.7 Å². The highest BCUT2D eigenvalue weighted by Gasteiger charge is 2.14. The van der Waals surface area contributed by atoms with Gasteiger partial charge in [0.1, 0.15) is 29.9 Å². The Bertz CT molecular complexity index is 589. The highest BCUT2D eigenvalue weighted by atomic mass is 16.5. The Balaban J connectivity index is 1.88. The van der Waals surface area contributed by atoms with Crippen molar-refractivity contribution in [3.8, 4) is 5.75 Å². The third kappa shape index (κ3) is 4.36. The van der Waals surface area contributed by atoms with Gasteiger partial charge in [-0.05, 0) is 36.2 Å².